The molecule has 1 aromatic carbocycles. The van der Waals surface area contributed by atoms with Gasteiger partial charge in [0.15, 0.2) is 0 Å². The lowest BCUT2D eigenvalue weighted by molar-refractivity contribution is 0.0602. The summed E-state index contributed by atoms with van der Waals surface area (Å²) in [6.45, 7) is 2.81. The molecule has 0 aliphatic heterocycles. The molecule has 0 aromatic heterocycles. The summed E-state index contributed by atoms with van der Waals surface area (Å²) in [6.07, 6.45) is 5.72. The van der Waals surface area contributed by atoms with Gasteiger partial charge in [-0.25, -0.2) is 9.59 Å². The number of rotatable bonds is 8. The molecule has 2 amide bonds. The van der Waals surface area contributed by atoms with Gasteiger partial charge in [0.2, 0.25) is 0 Å². The topological polar surface area (TPSA) is 67.4 Å². The number of methoxy groups -OCH3 is 1. The van der Waals surface area contributed by atoms with Gasteiger partial charge in [0.25, 0.3) is 0 Å². The quantitative estimate of drug-likeness (QED) is 0.568. The van der Waals surface area contributed by atoms with Crippen LogP contribution in [-0.2, 0) is 4.74 Å². The zero-order valence-corrected chi connectivity index (χ0v) is 12.8. The fourth-order valence-electron chi connectivity index (χ4n) is 1.98. The number of esters is 1. The van der Waals surface area contributed by atoms with Crippen LogP contribution in [0.1, 0.15) is 49.4 Å². The van der Waals surface area contributed by atoms with Gasteiger partial charge < -0.3 is 15.4 Å². The zero-order chi connectivity index (χ0) is 15.5. The molecular weight excluding hydrogens is 268 g/mol. The number of unbranched alkanes of at least 4 members (excludes halogenated alkanes) is 4. The predicted octanol–water partition coefficient (Wildman–Crippen LogP) is 3.57. The average Bonchev–Trinajstić information content (AvgIpc) is 2.50. The van der Waals surface area contributed by atoms with Crippen molar-refractivity contribution in [2.45, 2.75) is 39.0 Å². The third-order valence-electron chi connectivity index (χ3n) is 3.15. The van der Waals surface area contributed by atoms with Gasteiger partial charge in [0, 0.05) is 6.54 Å². The first-order valence-electron chi connectivity index (χ1n) is 7.41. The molecule has 0 fully saturated rings. The summed E-state index contributed by atoms with van der Waals surface area (Å²) in [6, 6.07) is 6.47. The van der Waals surface area contributed by atoms with Gasteiger partial charge >= 0.3 is 12.0 Å². The van der Waals surface area contributed by atoms with Crippen molar-refractivity contribution in [1.82, 2.24) is 5.32 Å². The molecule has 0 radical (unpaired) electrons. The Bertz CT molecular complexity index is 461. The zero-order valence-electron chi connectivity index (χ0n) is 12.8. The van der Waals surface area contributed by atoms with E-state index in [2.05, 4.69) is 22.3 Å². The molecular formula is C16H24N2O3. The Labute approximate surface area is 126 Å². The number of carbonyl (C=O) groups excluding carboxylic acids is 2. The van der Waals surface area contributed by atoms with Crippen molar-refractivity contribution in [3.05, 3.63) is 29.8 Å². The number of urea groups is 1. The molecule has 2 N–H and O–H groups in total. The predicted molar refractivity (Wildman–Crippen MR) is 83.6 cm³/mol. The molecule has 0 bridgehead atoms. The van der Waals surface area contributed by atoms with Crippen LogP contribution in [0.2, 0.25) is 0 Å². The van der Waals surface area contributed by atoms with Crippen LogP contribution in [-0.4, -0.2) is 25.7 Å². The number of nitrogens with one attached hydrogen (secondary N) is 2. The number of para-hydroxylation sites is 1. The van der Waals surface area contributed by atoms with Crippen molar-refractivity contribution >= 4 is 17.7 Å². The molecule has 1 aromatic rings. The van der Waals surface area contributed by atoms with Crippen molar-refractivity contribution in [2.75, 3.05) is 19.0 Å². The first-order chi connectivity index (χ1) is 10.2. The maximum absolute atomic E-state index is 11.8. The molecule has 5 heteroatoms. The van der Waals surface area contributed by atoms with Gasteiger partial charge in [-0.1, -0.05) is 44.7 Å². The Morgan fingerprint density at radius 2 is 1.81 bits per heavy atom. The van der Waals surface area contributed by atoms with Crippen molar-refractivity contribution in [3.63, 3.8) is 0 Å². The van der Waals surface area contributed by atoms with E-state index < -0.39 is 5.97 Å². The second-order valence-corrected chi connectivity index (χ2v) is 4.83. The Kier molecular flexibility index (Phi) is 7.94. The van der Waals surface area contributed by atoms with Crippen LogP contribution in [0.3, 0.4) is 0 Å². The minimum Gasteiger partial charge on any atom is -0.465 e. The molecule has 0 atom stereocenters. The second kappa shape index (κ2) is 9.80. The standard InChI is InChI=1S/C16H24N2O3/c1-3-4-5-6-9-12-17-16(20)18-14-11-8-7-10-13(14)15(19)21-2/h7-8,10-11H,3-6,9,12H2,1-2H3,(H2,17,18,20). The number of hydrogen-bond acceptors (Lipinski definition) is 3. The maximum Gasteiger partial charge on any atom is 0.339 e. The van der Waals surface area contributed by atoms with Crippen LogP contribution in [0.4, 0.5) is 10.5 Å². The molecule has 0 heterocycles. The molecule has 0 saturated heterocycles. The summed E-state index contributed by atoms with van der Waals surface area (Å²) < 4.78 is 4.68. The average molecular weight is 292 g/mol. The molecule has 1 rings (SSSR count). The normalized spacial score (nSPS) is 10.0. The molecule has 0 unspecified atom stereocenters. The van der Waals surface area contributed by atoms with Gasteiger partial charge in [0.05, 0.1) is 18.4 Å². The minimum absolute atomic E-state index is 0.304. The summed E-state index contributed by atoms with van der Waals surface area (Å²) in [7, 11) is 1.31. The third-order valence-corrected chi connectivity index (χ3v) is 3.15. The fourth-order valence-corrected chi connectivity index (χ4v) is 1.98. The van der Waals surface area contributed by atoms with Gasteiger partial charge in [-0.15, -0.1) is 0 Å². The Hall–Kier alpha value is -2.04. The van der Waals surface area contributed by atoms with Gasteiger partial charge in [-0.05, 0) is 18.6 Å². The van der Waals surface area contributed by atoms with E-state index in [1.807, 2.05) is 0 Å². The van der Waals surface area contributed by atoms with Gasteiger partial charge in [-0.2, -0.15) is 0 Å². The van der Waals surface area contributed by atoms with Crippen molar-refractivity contribution in [3.8, 4) is 0 Å². The largest absolute Gasteiger partial charge is 0.465 e. The van der Waals surface area contributed by atoms with Crippen LogP contribution >= 0.6 is 0 Å². The smallest absolute Gasteiger partial charge is 0.339 e. The van der Waals surface area contributed by atoms with Crippen molar-refractivity contribution in [2.24, 2.45) is 0 Å². The van der Waals surface area contributed by atoms with E-state index >= 15 is 0 Å². The Morgan fingerprint density at radius 1 is 1.10 bits per heavy atom. The highest BCUT2D eigenvalue weighted by Gasteiger charge is 2.12. The lowest BCUT2D eigenvalue weighted by Gasteiger charge is -2.10. The summed E-state index contributed by atoms with van der Waals surface area (Å²) >= 11 is 0. The highest BCUT2D eigenvalue weighted by molar-refractivity contribution is 6.00. The minimum atomic E-state index is -0.467. The van der Waals surface area contributed by atoms with Crippen LogP contribution < -0.4 is 10.6 Å². The lowest BCUT2D eigenvalue weighted by Crippen LogP contribution is -2.30. The molecule has 21 heavy (non-hydrogen) atoms. The van der Waals surface area contributed by atoms with E-state index in [0.717, 1.165) is 12.8 Å². The van der Waals surface area contributed by atoms with E-state index in [9.17, 15) is 9.59 Å². The lowest BCUT2D eigenvalue weighted by atomic mass is 10.1. The Morgan fingerprint density at radius 3 is 2.52 bits per heavy atom. The van der Waals surface area contributed by atoms with Crippen LogP contribution in [0.25, 0.3) is 0 Å². The second-order valence-electron chi connectivity index (χ2n) is 4.83. The first kappa shape index (κ1) is 17.0. The first-order valence-corrected chi connectivity index (χ1v) is 7.41. The van der Waals surface area contributed by atoms with E-state index in [0.29, 0.717) is 17.8 Å². The van der Waals surface area contributed by atoms with Gasteiger partial charge in [-0.3, -0.25) is 0 Å². The summed E-state index contributed by atoms with van der Waals surface area (Å²) in [4.78, 5) is 23.4. The molecule has 0 saturated carbocycles. The van der Waals surface area contributed by atoms with E-state index in [-0.39, 0.29) is 6.03 Å². The van der Waals surface area contributed by atoms with E-state index in [4.69, 9.17) is 0 Å². The highest BCUT2D eigenvalue weighted by Crippen LogP contribution is 2.15. The summed E-state index contributed by atoms with van der Waals surface area (Å²) in [5.41, 5.74) is 0.797. The molecule has 0 spiro atoms. The molecule has 0 aliphatic rings. The van der Waals surface area contributed by atoms with Crippen LogP contribution in [0.5, 0.6) is 0 Å². The molecule has 0 aliphatic carbocycles. The number of hydrogen-bond donors (Lipinski definition) is 2. The number of amides is 2. The maximum atomic E-state index is 11.8. The third kappa shape index (κ3) is 6.29. The van der Waals surface area contributed by atoms with E-state index in [1.165, 1.54) is 26.4 Å². The number of ether oxygens (including phenoxy) is 1. The Balaban J connectivity index is 2.39. The fraction of sp³-hybridized carbons (Fsp3) is 0.500. The van der Waals surface area contributed by atoms with E-state index in [1.54, 1.807) is 24.3 Å². The van der Waals surface area contributed by atoms with Crippen LogP contribution in [0, 0.1) is 0 Å². The molecule has 5 nitrogen and oxygen atoms in total. The number of benzene rings is 1. The number of carbonyl (C=O) groups is 2. The van der Waals surface area contributed by atoms with Crippen LogP contribution in [0.15, 0.2) is 24.3 Å². The number of anilines is 1. The summed E-state index contributed by atoms with van der Waals surface area (Å²) in [5, 5.41) is 5.47. The highest BCUT2D eigenvalue weighted by atomic mass is 16.5. The van der Waals surface area contributed by atoms with Gasteiger partial charge in [0.1, 0.15) is 0 Å². The summed E-state index contributed by atoms with van der Waals surface area (Å²) in [5.74, 6) is -0.467. The monoisotopic (exact) mass is 292 g/mol. The van der Waals surface area contributed by atoms with Crippen molar-refractivity contribution < 1.29 is 14.3 Å². The SMILES string of the molecule is CCCCCCCNC(=O)Nc1ccccc1C(=O)OC. The van der Waals surface area contributed by atoms with Crippen molar-refractivity contribution in [1.29, 1.82) is 0 Å². The molecule has 116 valence electrons.